The molecule has 0 radical (unpaired) electrons. The lowest BCUT2D eigenvalue weighted by Gasteiger charge is -2.43. The van der Waals surface area contributed by atoms with Crippen LogP contribution in [-0.4, -0.2) is 49.6 Å². The number of H-pyrrole nitrogens is 1. The van der Waals surface area contributed by atoms with Crippen LogP contribution in [0.25, 0.3) is 0 Å². The van der Waals surface area contributed by atoms with Crippen LogP contribution in [-0.2, 0) is 11.8 Å². The van der Waals surface area contributed by atoms with Gasteiger partial charge in [0.25, 0.3) is 5.56 Å². The van der Waals surface area contributed by atoms with Crippen molar-refractivity contribution in [2.75, 3.05) is 0 Å². The average Bonchev–Trinajstić information content (AvgIpc) is 2.41. The molecule has 2 aliphatic heterocycles. The largest absolute Gasteiger partial charge is 0.447 e. The Morgan fingerprint density at radius 3 is 2.80 bits per heavy atom. The Balaban J connectivity index is 2.07. The van der Waals surface area contributed by atoms with Gasteiger partial charge in [0, 0.05) is 7.05 Å². The molecule has 3 N–H and O–H groups in total. The lowest BCUT2D eigenvalue weighted by Crippen LogP contribution is -2.58. The minimum atomic E-state index is -1.03. The monoisotopic (exact) mass is 318 g/mol. The van der Waals surface area contributed by atoms with E-state index in [0.717, 1.165) is 11.8 Å². The molecule has 20 heavy (non-hydrogen) atoms. The minimum Gasteiger partial charge on any atom is -0.447 e. The molecule has 3 heterocycles. The quantitative estimate of drug-likeness (QED) is 0.568. The second kappa shape index (κ2) is 4.85. The maximum Gasteiger partial charge on any atom is 0.269 e. The molecule has 5 atom stereocenters. The smallest absolute Gasteiger partial charge is 0.269 e. The van der Waals surface area contributed by atoms with E-state index in [1.807, 2.05) is 0 Å². The molecule has 0 saturated carbocycles. The molecule has 7 nitrogen and oxygen atoms in total. The summed E-state index contributed by atoms with van der Waals surface area (Å²) in [6.45, 7) is 1.66. The number of aliphatic hydroxyl groups excluding tert-OH is 2. The van der Waals surface area contributed by atoms with E-state index in [1.165, 1.54) is 0 Å². The Labute approximate surface area is 123 Å². The van der Waals surface area contributed by atoms with E-state index in [4.69, 9.17) is 21.7 Å². The summed E-state index contributed by atoms with van der Waals surface area (Å²) in [6, 6.07) is 0. The molecule has 1 saturated heterocycles. The van der Waals surface area contributed by atoms with Crippen molar-refractivity contribution >= 4 is 24.0 Å². The number of hydrogen-bond acceptors (Lipinski definition) is 7. The van der Waals surface area contributed by atoms with Crippen LogP contribution in [0.15, 0.2) is 9.69 Å². The van der Waals surface area contributed by atoms with Crippen LogP contribution < -0.4 is 10.3 Å². The van der Waals surface area contributed by atoms with Crippen molar-refractivity contribution in [3.05, 3.63) is 15.1 Å². The molecule has 5 unspecified atom stereocenters. The van der Waals surface area contributed by atoms with E-state index >= 15 is 0 Å². The van der Waals surface area contributed by atoms with Crippen molar-refractivity contribution in [1.82, 2.24) is 9.55 Å². The van der Waals surface area contributed by atoms with Crippen LogP contribution in [0, 0.1) is 4.77 Å². The number of hydrogen-bond donors (Lipinski definition) is 3. The lowest BCUT2D eigenvalue weighted by molar-refractivity contribution is -0.215. The fraction of sp³-hybridized carbons (Fsp3) is 0.636. The topological polar surface area (TPSA) is 96.7 Å². The van der Waals surface area contributed by atoms with Gasteiger partial charge in [-0.05, 0) is 19.1 Å². The molecule has 0 aliphatic carbocycles. The summed E-state index contributed by atoms with van der Waals surface area (Å²) in [5, 5.41) is 19.4. The van der Waals surface area contributed by atoms with Crippen molar-refractivity contribution in [2.45, 2.75) is 41.7 Å². The van der Waals surface area contributed by atoms with Gasteiger partial charge in [0.15, 0.2) is 4.77 Å². The second-order valence-corrected chi connectivity index (χ2v) is 6.42. The predicted molar refractivity (Wildman–Crippen MR) is 73.5 cm³/mol. The first-order valence-corrected chi connectivity index (χ1v) is 7.37. The Bertz CT molecular complexity index is 657. The van der Waals surface area contributed by atoms with Crippen LogP contribution in [0.4, 0.5) is 0 Å². The van der Waals surface area contributed by atoms with Crippen molar-refractivity contribution in [1.29, 1.82) is 0 Å². The highest BCUT2D eigenvalue weighted by molar-refractivity contribution is 8.00. The molecule has 1 aromatic rings. The molecule has 1 aromatic heterocycles. The molecular weight excluding hydrogens is 304 g/mol. The summed E-state index contributed by atoms with van der Waals surface area (Å²) in [5.74, 6) is 0.320. The van der Waals surface area contributed by atoms with E-state index in [9.17, 15) is 15.0 Å². The third kappa shape index (κ3) is 2.01. The van der Waals surface area contributed by atoms with E-state index in [0.29, 0.717) is 10.8 Å². The molecular formula is C11H14N2O5S2. The van der Waals surface area contributed by atoms with Gasteiger partial charge in [-0.2, -0.15) is 0 Å². The molecule has 110 valence electrons. The van der Waals surface area contributed by atoms with Crippen molar-refractivity contribution in [3.8, 4) is 5.88 Å². The molecule has 3 rings (SSSR count). The van der Waals surface area contributed by atoms with Crippen LogP contribution in [0.1, 0.15) is 6.92 Å². The van der Waals surface area contributed by atoms with Gasteiger partial charge in [-0.3, -0.25) is 14.3 Å². The molecule has 0 aromatic carbocycles. The molecule has 0 spiro atoms. The number of aliphatic hydroxyl groups is 2. The standard InChI is InChI=1S/C11H14N2O5S2/c1-3-4(14)5(15)6-10(17-3)18-9-7(20-6)8(16)12-11(19)13(9)2/h3-6,10,14-15H,1-2H3,(H,12,16,19). The first-order valence-electron chi connectivity index (χ1n) is 6.08. The number of thioether (sulfide) groups is 1. The van der Waals surface area contributed by atoms with Gasteiger partial charge in [0.05, 0.1) is 6.10 Å². The Hall–Kier alpha value is -0.870. The van der Waals surface area contributed by atoms with Gasteiger partial charge < -0.3 is 19.7 Å². The summed E-state index contributed by atoms with van der Waals surface area (Å²) >= 11 is 6.16. The lowest BCUT2D eigenvalue weighted by atomic mass is 10.0. The zero-order valence-corrected chi connectivity index (χ0v) is 12.4. The van der Waals surface area contributed by atoms with Crippen LogP contribution in [0.3, 0.4) is 0 Å². The fourth-order valence-corrected chi connectivity index (χ4v) is 3.71. The van der Waals surface area contributed by atoms with Gasteiger partial charge >= 0.3 is 0 Å². The average molecular weight is 318 g/mol. The van der Waals surface area contributed by atoms with E-state index in [2.05, 4.69) is 4.98 Å². The van der Waals surface area contributed by atoms with Gasteiger partial charge in [0.2, 0.25) is 12.2 Å². The van der Waals surface area contributed by atoms with Gasteiger partial charge in [-0.1, -0.05) is 0 Å². The highest BCUT2D eigenvalue weighted by atomic mass is 32.2. The summed E-state index contributed by atoms with van der Waals surface area (Å²) in [7, 11) is 1.68. The van der Waals surface area contributed by atoms with Gasteiger partial charge in [-0.15, -0.1) is 11.8 Å². The summed E-state index contributed by atoms with van der Waals surface area (Å²) < 4.78 is 13.0. The maximum atomic E-state index is 11.9. The number of aromatic nitrogens is 2. The van der Waals surface area contributed by atoms with E-state index < -0.39 is 29.9 Å². The fourth-order valence-electron chi connectivity index (χ4n) is 2.28. The molecule has 0 bridgehead atoms. The number of ether oxygens (including phenoxy) is 2. The maximum absolute atomic E-state index is 11.9. The highest BCUT2D eigenvalue weighted by Crippen LogP contribution is 2.42. The third-order valence-electron chi connectivity index (χ3n) is 3.50. The normalized spacial score (nSPS) is 35.9. The van der Waals surface area contributed by atoms with E-state index in [-0.39, 0.29) is 10.3 Å². The number of aromatic amines is 1. The predicted octanol–water partition coefficient (Wildman–Crippen LogP) is -0.237. The zero-order valence-electron chi connectivity index (χ0n) is 10.8. The first-order chi connectivity index (χ1) is 9.40. The van der Waals surface area contributed by atoms with Crippen molar-refractivity contribution in [2.24, 2.45) is 7.05 Å². The van der Waals surface area contributed by atoms with Crippen molar-refractivity contribution < 1.29 is 19.7 Å². The summed E-state index contributed by atoms with van der Waals surface area (Å²) in [6.07, 6.45) is -3.33. The Morgan fingerprint density at radius 1 is 1.40 bits per heavy atom. The third-order valence-corrected chi connectivity index (χ3v) is 5.24. The van der Waals surface area contributed by atoms with Crippen LogP contribution in [0.5, 0.6) is 5.88 Å². The first kappa shape index (κ1) is 14.1. The molecule has 2 aliphatic rings. The summed E-state index contributed by atoms with van der Waals surface area (Å²) in [5.41, 5.74) is -0.369. The zero-order chi connectivity index (χ0) is 14.6. The number of rotatable bonds is 0. The number of fused-ring (bicyclic) bond motifs is 2. The second-order valence-electron chi connectivity index (χ2n) is 4.84. The van der Waals surface area contributed by atoms with Gasteiger partial charge in [-0.25, -0.2) is 0 Å². The van der Waals surface area contributed by atoms with Crippen molar-refractivity contribution in [3.63, 3.8) is 0 Å². The molecule has 1 fully saturated rings. The highest BCUT2D eigenvalue weighted by Gasteiger charge is 2.48. The van der Waals surface area contributed by atoms with Crippen LogP contribution in [0.2, 0.25) is 0 Å². The van der Waals surface area contributed by atoms with E-state index in [1.54, 1.807) is 18.5 Å². The summed E-state index contributed by atoms with van der Waals surface area (Å²) in [4.78, 5) is 14.8. The molecule has 0 amide bonds. The van der Waals surface area contributed by atoms with Crippen LogP contribution >= 0.6 is 24.0 Å². The minimum absolute atomic E-state index is 0.247. The molecule has 9 heteroatoms. The number of nitrogens with one attached hydrogen (secondary N) is 1. The number of nitrogens with zero attached hydrogens (tertiary/aromatic N) is 1. The van der Waals surface area contributed by atoms with Gasteiger partial charge in [0.1, 0.15) is 22.4 Å². The Morgan fingerprint density at radius 2 is 2.10 bits per heavy atom. The Kier molecular flexibility index (Phi) is 3.41. The SMILES string of the molecule is CC1OC2Oc3c(c(=O)[nH]c(=S)n3C)SC2C(O)C1O.